The minimum absolute atomic E-state index is 0.0884. The molecule has 0 radical (unpaired) electrons. The molecule has 0 atom stereocenters. The predicted octanol–water partition coefficient (Wildman–Crippen LogP) is 3.84. The van der Waals surface area contributed by atoms with Gasteiger partial charge in [0.05, 0.1) is 12.3 Å². The Balaban J connectivity index is 1.96. The fourth-order valence-corrected chi connectivity index (χ4v) is 3.44. The minimum atomic E-state index is -0.302. The van der Waals surface area contributed by atoms with Crippen LogP contribution in [-0.4, -0.2) is 64.4 Å². The van der Waals surface area contributed by atoms with Crippen LogP contribution in [0.2, 0.25) is 5.15 Å². The van der Waals surface area contributed by atoms with Gasteiger partial charge in [0.15, 0.2) is 0 Å². The van der Waals surface area contributed by atoms with Crippen LogP contribution in [0.15, 0.2) is 6.08 Å². The first kappa shape index (κ1) is 23.3. The quantitative estimate of drug-likeness (QED) is 0.650. The van der Waals surface area contributed by atoms with Crippen LogP contribution >= 0.6 is 11.6 Å². The standard InChI is InChI=1S/C21H33ClN4O3/c1-15(2)13-26-20(22)18(17(5)23-26)7-8-19(27)24-9-6-10-25(12-11-24)21(28)29-14-16(3)4/h7-8,15-16H,6,9-14H2,1-5H3. The molecule has 1 aromatic heterocycles. The van der Waals surface area contributed by atoms with Gasteiger partial charge >= 0.3 is 6.09 Å². The zero-order valence-corrected chi connectivity index (χ0v) is 18.9. The van der Waals surface area contributed by atoms with Gasteiger partial charge in [-0.05, 0) is 31.3 Å². The second-order valence-corrected chi connectivity index (χ2v) is 8.69. The summed E-state index contributed by atoms with van der Waals surface area (Å²) in [5.74, 6) is 0.640. The fraction of sp³-hybridized carbons (Fsp3) is 0.667. The average molecular weight is 425 g/mol. The molecule has 1 fully saturated rings. The van der Waals surface area contributed by atoms with E-state index in [4.69, 9.17) is 16.3 Å². The van der Waals surface area contributed by atoms with E-state index in [-0.39, 0.29) is 12.0 Å². The smallest absolute Gasteiger partial charge is 0.409 e. The van der Waals surface area contributed by atoms with Crippen molar-refractivity contribution in [2.45, 2.75) is 47.6 Å². The van der Waals surface area contributed by atoms with E-state index in [1.165, 1.54) is 0 Å². The van der Waals surface area contributed by atoms with Gasteiger partial charge in [0.1, 0.15) is 5.15 Å². The SMILES string of the molecule is Cc1nn(CC(C)C)c(Cl)c1C=CC(=O)N1CCCN(C(=O)OCC(C)C)CC1. The van der Waals surface area contributed by atoms with E-state index in [0.717, 1.165) is 24.2 Å². The largest absolute Gasteiger partial charge is 0.449 e. The summed E-state index contributed by atoms with van der Waals surface area (Å²) < 4.78 is 7.08. The molecular formula is C21H33ClN4O3. The highest BCUT2D eigenvalue weighted by Gasteiger charge is 2.22. The van der Waals surface area contributed by atoms with Gasteiger partial charge in [0, 0.05) is 44.4 Å². The van der Waals surface area contributed by atoms with Crippen LogP contribution in [0.1, 0.15) is 45.4 Å². The number of rotatable bonds is 6. The number of aromatic nitrogens is 2. The first-order valence-electron chi connectivity index (χ1n) is 10.3. The van der Waals surface area contributed by atoms with Crippen molar-refractivity contribution in [1.29, 1.82) is 0 Å². The Morgan fingerprint density at radius 3 is 2.41 bits per heavy atom. The topological polar surface area (TPSA) is 67.7 Å². The third-order valence-electron chi connectivity index (χ3n) is 4.65. The van der Waals surface area contributed by atoms with Crippen molar-refractivity contribution in [3.05, 3.63) is 22.5 Å². The van der Waals surface area contributed by atoms with E-state index < -0.39 is 0 Å². The highest BCUT2D eigenvalue weighted by molar-refractivity contribution is 6.31. The van der Waals surface area contributed by atoms with Crippen molar-refractivity contribution >= 4 is 29.7 Å². The minimum Gasteiger partial charge on any atom is -0.449 e. The fourth-order valence-electron chi connectivity index (χ4n) is 3.13. The molecule has 1 saturated heterocycles. The number of ether oxygens (including phenoxy) is 1. The number of aryl methyl sites for hydroxylation is 1. The van der Waals surface area contributed by atoms with Gasteiger partial charge in [-0.25, -0.2) is 4.79 Å². The number of amides is 2. The van der Waals surface area contributed by atoms with Gasteiger partial charge < -0.3 is 14.5 Å². The highest BCUT2D eigenvalue weighted by atomic mass is 35.5. The third kappa shape index (κ3) is 6.77. The zero-order valence-electron chi connectivity index (χ0n) is 18.2. The lowest BCUT2D eigenvalue weighted by molar-refractivity contribution is -0.125. The summed E-state index contributed by atoms with van der Waals surface area (Å²) in [6.07, 6.45) is 3.71. The van der Waals surface area contributed by atoms with Crippen LogP contribution < -0.4 is 0 Å². The molecule has 29 heavy (non-hydrogen) atoms. The molecule has 2 rings (SSSR count). The number of halogens is 1. The Labute approximate surface area is 178 Å². The van der Waals surface area contributed by atoms with Crippen molar-refractivity contribution in [2.75, 3.05) is 32.8 Å². The monoisotopic (exact) mass is 424 g/mol. The van der Waals surface area contributed by atoms with Crippen LogP contribution in [0, 0.1) is 18.8 Å². The summed E-state index contributed by atoms with van der Waals surface area (Å²) in [4.78, 5) is 28.3. The Morgan fingerprint density at radius 2 is 1.76 bits per heavy atom. The molecule has 0 saturated carbocycles. The van der Waals surface area contributed by atoms with Crippen LogP contribution in [0.3, 0.4) is 0 Å². The summed E-state index contributed by atoms with van der Waals surface area (Å²) in [6.45, 7) is 13.4. The summed E-state index contributed by atoms with van der Waals surface area (Å²) in [5, 5.41) is 5.02. The van der Waals surface area contributed by atoms with E-state index in [1.807, 2.05) is 20.8 Å². The van der Waals surface area contributed by atoms with Crippen LogP contribution in [0.25, 0.3) is 6.08 Å². The Kier molecular flexibility index (Phi) is 8.56. The maximum atomic E-state index is 12.7. The number of carbonyl (C=O) groups excluding carboxylic acids is 2. The van der Waals surface area contributed by atoms with E-state index in [0.29, 0.717) is 49.8 Å². The number of carbonyl (C=O) groups is 2. The lowest BCUT2D eigenvalue weighted by Gasteiger charge is -2.21. The molecule has 0 aliphatic carbocycles. The number of hydrogen-bond donors (Lipinski definition) is 0. The van der Waals surface area contributed by atoms with E-state index in [1.54, 1.807) is 26.6 Å². The summed E-state index contributed by atoms with van der Waals surface area (Å²) in [7, 11) is 0. The zero-order chi connectivity index (χ0) is 21.6. The Hall–Kier alpha value is -2.02. The normalized spacial score (nSPS) is 15.4. The van der Waals surface area contributed by atoms with Crippen LogP contribution in [-0.2, 0) is 16.1 Å². The number of hydrogen-bond acceptors (Lipinski definition) is 4. The molecule has 2 amide bonds. The molecule has 0 bridgehead atoms. The van der Waals surface area contributed by atoms with Gasteiger partial charge in [-0.3, -0.25) is 9.48 Å². The molecular weight excluding hydrogens is 392 g/mol. The molecule has 1 aliphatic rings. The predicted molar refractivity (Wildman–Crippen MR) is 115 cm³/mol. The lowest BCUT2D eigenvalue weighted by Crippen LogP contribution is -2.37. The molecule has 0 unspecified atom stereocenters. The van der Waals surface area contributed by atoms with E-state index >= 15 is 0 Å². The van der Waals surface area contributed by atoms with Gasteiger partial charge in [0.2, 0.25) is 5.91 Å². The first-order valence-corrected chi connectivity index (χ1v) is 10.7. The van der Waals surface area contributed by atoms with Gasteiger partial charge in [0.25, 0.3) is 0 Å². The average Bonchev–Trinajstić information content (AvgIpc) is 2.82. The third-order valence-corrected chi connectivity index (χ3v) is 5.04. The highest BCUT2D eigenvalue weighted by Crippen LogP contribution is 2.22. The van der Waals surface area contributed by atoms with Crippen molar-refractivity contribution < 1.29 is 14.3 Å². The molecule has 0 aromatic carbocycles. The molecule has 7 nitrogen and oxygen atoms in total. The Morgan fingerprint density at radius 1 is 1.10 bits per heavy atom. The van der Waals surface area contributed by atoms with Crippen molar-refractivity contribution in [2.24, 2.45) is 11.8 Å². The van der Waals surface area contributed by atoms with Crippen molar-refractivity contribution in [3.8, 4) is 0 Å². The summed E-state index contributed by atoms with van der Waals surface area (Å²) in [6, 6.07) is 0. The lowest BCUT2D eigenvalue weighted by atomic mass is 10.2. The second kappa shape index (κ2) is 10.7. The number of nitrogens with zero attached hydrogens (tertiary/aromatic N) is 4. The summed E-state index contributed by atoms with van der Waals surface area (Å²) in [5.41, 5.74) is 1.57. The molecule has 0 spiro atoms. The van der Waals surface area contributed by atoms with Gasteiger partial charge in [-0.2, -0.15) is 5.10 Å². The van der Waals surface area contributed by atoms with Crippen LogP contribution in [0.4, 0.5) is 4.79 Å². The molecule has 162 valence electrons. The maximum Gasteiger partial charge on any atom is 0.409 e. The first-order chi connectivity index (χ1) is 13.7. The van der Waals surface area contributed by atoms with Crippen molar-refractivity contribution in [3.63, 3.8) is 0 Å². The van der Waals surface area contributed by atoms with Crippen molar-refractivity contribution in [1.82, 2.24) is 19.6 Å². The van der Waals surface area contributed by atoms with E-state index in [2.05, 4.69) is 18.9 Å². The van der Waals surface area contributed by atoms with E-state index in [9.17, 15) is 9.59 Å². The molecule has 8 heteroatoms. The van der Waals surface area contributed by atoms with Gasteiger partial charge in [-0.1, -0.05) is 39.3 Å². The van der Waals surface area contributed by atoms with Gasteiger partial charge in [-0.15, -0.1) is 0 Å². The maximum absolute atomic E-state index is 12.7. The van der Waals surface area contributed by atoms with Crippen LogP contribution in [0.5, 0.6) is 0 Å². The molecule has 0 N–H and O–H groups in total. The molecule has 1 aromatic rings. The summed E-state index contributed by atoms with van der Waals surface area (Å²) >= 11 is 6.44. The second-order valence-electron chi connectivity index (χ2n) is 8.34. The molecule has 1 aliphatic heterocycles. The molecule has 2 heterocycles. The Bertz CT molecular complexity index is 743.